The topological polar surface area (TPSA) is 73.1 Å². The average Bonchev–Trinajstić information content (AvgIpc) is 2.21. The van der Waals surface area contributed by atoms with Gasteiger partial charge in [0.25, 0.3) is 0 Å². The van der Waals surface area contributed by atoms with Crippen LogP contribution in [0.25, 0.3) is 0 Å². The van der Waals surface area contributed by atoms with Gasteiger partial charge in [-0.15, -0.1) is 6.42 Å². The van der Waals surface area contributed by atoms with E-state index in [0.717, 1.165) is 5.56 Å². The van der Waals surface area contributed by atoms with Crippen LogP contribution in [0, 0.1) is 19.3 Å². The molecule has 1 aromatic rings. The van der Waals surface area contributed by atoms with Crippen molar-refractivity contribution in [3.05, 3.63) is 11.9 Å². The van der Waals surface area contributed by atoms with Crippen molar-refractivity contribution >= 4 is 5.82 Å². The molecular weight excluding hydrogens is 192 g/mol. The van der Waals surface area contributed by atoms with Crippen LogP contribution in [-0.2, 0) is 0 Å². The lowest BCUT2D eigenvalue weighted by Gasteiger charge is -2.20. The molecule has 0 aromatic carbocycles. The molecule has 0 atom stereocenters. The summed E-state index contributed by atoms with van der Waals surface area (Å²) in [6.07, 6.45) is 6.68. The second kappa shape index (κ2) is 4.15. The van der Waals surface area contributed by atoms with Gasteiger partial charge in [-0.25, -0.2) is 15.8 Å². The van der Waals surface area contributed by atoms with Gasteiger partial charge in [-0.05, 0) is 20.8 Å². The summed E-state index contributed by atoms with van der Waals surface area (Å²) in [6.45, 7) is 5.37. The molecule has 5 heteroatoms. The number of nitrogens with two attached hydrogens (primary N) is 1. The van der Waals surface area contributed by atoms with Crippen LogP contribution in [0.2, 0.25) is 0 Å². The molecule has 0 aliphatic rings. The van der Waals surface area contributed by atoms with Crippen LogP contribution in [0.4, 0.5) is 5.82 Å². The Morgan fingerprint density at radius 1 is 1.53 bits per heavy atom. The summed E-state index contributed by atoms with van der Waals surface area (Å²) >= 11 is 0. The number of hydrazine groups is 1. The molecule has 15 heavy (non-hydrogen) atoms. The summed E-state index contributed by atoms with van der Waals surface area (Å²) in [7, 11) is 0. The Hall–Kier alpha value is -1.80. The molecule has 0 aliphatic carbocycles. The van der Waals surface area contributed by atoms with Crippen molar-refractivity contribution in [3.63, 3.8) is 0 Å². The Kier molecular flexibility index (Phi) is 3.12. The maximum atomic E-state index is 5.54. The van der Waals surface area contributed by atoms with Gasteiger partial charge in [-0.1, -0.05) is 5.92 Å². The number of aromatic nitrogens is 2. The van der Waals surface area contributed by atoms with Crippen molar-refractivity contribution < 1.29 is 4.74 Å². The number of ether oxygens (including phenoxy) is 1. The van der Waals surface area contributed by atoms with Gasteiger partial charge in [0.1, 0.15) is 12.1 Å². The molecule has 0 fully saturated rings. The number of anilines is 1. The number of rotatable bonds is 3. The van der Waals surface area contributed by atoms with Crippen LogP contribution < -0.4 is 16.0 Å². The third-order valence-corrected chi connectivity index (χ3v) is 1.87. The van der Waals surface area contributed by atoms with Gasteiger partial charge in [0.2, 0.25) is 5.88 Å². The zero-order valence-corrected chi connectivity index (χ0v) is 9.03. The lowest BCUT2D eigenvalue weighted by Crippen LogP contribution is -2.26. The fourth-order valence-electron chi connectivity index (χ4n) is 0.954. The first-order chi connectivity index (χ1) is 7.00. The Bertz CT molecular complexity index is 395. The Balaban J connectivity index is 3.02. The van der Waals surface area contributed by atoms with E-state index >= 15 is 0 Å². The minimum atomic E-state index is -0.703. The van der Waals surface area contributed by atoms with Gasteiger partial charge in [-0.3, -0.25) is 0 Å². The highest BCUT2D eigenvalue weighted by atomic mass is 16.5. The third kappa shape index (κ3) is 2.58. The number of terminal acetylenes is 1. The number of nitrogens with zero attached hydrogens (tertiary/aromatic N) is 2. The van der Waals surface area contributed by atoms with E-state index < -0.39 is 5.60 Å². The summed E-state index contributed by atoms with van der Waals surface area (Å²) in [5.41, 5.74) is 2.48. The minimum Gasteiger partial charge on any atom is -0.458 e. The van der Waals surface area contributed by atoms with E-state index in [9.17, 15) is 0 Å². The van der Waals surface area contributed by atoms with Crippen molar-refractivity contribution in [2.45, 2.75) is 26.4 Å². The third-order valence-electron chi connectivity index (χ3n) is 1.87. The SMILES string of the molecule is C#CC(C)(C)Oc1ncnc(NN)c1C. The fourth-order valence-corrected chi connectivity index (χ4v) is 0.954. The summed E-state index contributed by atoms with van der Waals surface area (Å²) in [6, 6.07) is 0. The molecule has 0 unspecified atom stereocenters. The number of hydrogen-bond donors (Lipinski definition) is 2. The molecule has 3 N–H and O–H groups in total. The van der Waals surface area contributed by atoms with Gasteiger partial charge in [0.05, 0.1) is 5.56 Å². The summed E-state index contributed by atoms with van der Waals surface area (Å²) in [5.74, 6) is 8.75. The monoisotopic (exact) mass is 206 g/mol. The first kappa shape index (κ1) is 11.3. The first-order valence-electron chi connectivity index (χ1n) is 4.45. The molecule has 0 radical (unpaired) electrons. The molecule has 0 saturated carbocycles. The zero-order chi connectivity index (χ0) is 11.5. The van der Waals surface area contributed by atoms with Crippen LogP contribution in [0.15, 0.2) is 6.33 Å². The molecule has 0 spiro atoms. The van der Waals surface area contributed by atoms with Crippen LogP contribution in [-0.4, -0.2) is 15.6 Å². The van der Waals surface area contributed by atoms with E-state index in [1.807, 2.05) is 0 Å². The number of nitrogens with one attached hydrogen (secondary N) is 1. The van der Waals surface area contributed by atoms with E-state index in [2.05, 4.69) is 21.3 Å². The predicted octanol–water partition coefficient (Wildman–Crippen LogP) is 0.861. The van der Waals surface area contributed by atoms with E-state index in [0.29, 0.717) is 11.7 Å². The van der Waals surface area contributed by atoms with Crippen molar-refractivity contribution in [2.24, 2.45) is 5.84 Å². The molecule has 5 nitrogen and oxygen atoms in total. The van der Waals surface area contributed by atoms with Gasteiger partial charge in [0.15, 0.2) is 5.60 Å². The first-order valence-corrected chi connectivity index (χ1v) is 4.45. The lowest BCUT2D eigenvalue weighted by atomic mass is 10.1. The van der Waals surface area contributed by atoms with Gasteiger partial charge >= 0.3 is 0 Å². The maximum absolute atomic E-state index is 5.54. The Labute approximate surface area is 89.0 Å². The van der Waals surface area contributed by atoms with Crippen molar-refractivity contribution in [3.8, 4) is 18.2 Å². The summed E-state index contributed by atoms with van der Waals surface area (Å²) < 4.78 is 5.54. The smallest absolute Gasteiger partial charge is 0.223 e. The van der Waals surface area contributed by atoms with Crippen LogP contribution in [0.3, 0.4) is 0 Å². The summed E-state index contributed by atoms with van der Waals surface area (Å²) in [5, 5.41) is 0. The van der Waals surface area contributed by atoms with Gasteiger partial charge in [-0.2, -0.15) is 0 Å². The largest absolute Gasteiger partial charge is 0.458 e. The predicted molar refractivity (Wildman–Crippen MR) is 58.1 cm³/mol. The van der Waals surface area contributed by atoms with Crippen molar-refractivity contribution in [1.82, 2.24) is 9.97 Å². The summed E-state index contributed by atoms with van der Waals surface area (Å²) in [4.78, 5) is 7.93. The fraction of sp³-hybridized carbons (Fsp3) is 0.400. The van der Waals surface area contributed by atoms with E-state index in [1.165, 1.54) is 6.33 Å². The van der Waals surface area contributed by atoms with Crippen molar-refractivity contribution in [1.29, 1.82) is 0 Å². The molecule has 0 aliphatic heterocycles. The highest BCUT2D eigenvalue weighted by molar-refractivity contribution is 5.46. The molecule has 0 amide bonds. The minimum absolute atomic E-state index is 0.431. The lowest BCUT2D eigenvalue weighted by molar-refractivity contribution is 0.163. The Morgan fingerprint density at radius 3 is 2.73 bits per heavy atom. The quantitative estimate of drug-likeness (QED) is 0.436. The van der Waals surface area contributed by atoms with E-state index in [1.54, 1.807) is 20.8 Å². The molecule has 80 valence electrons. The highest BCUT2D eigenvalue weighted by Crippen LogP contribution is 2.23. The normalized spacial score (nSPS) is 10.6. The molecule has 1 heterocycles. The second-order valence-corrected chi connectivity index (χ2v) is 3.55. The van der Waals surface area contributed by atoms with Gasteiger partial charge in [0, 0.05) is 0 Å². The number of nitrogen functional groups attached to an aromatic ring is 1. The molecule has 0 saturated heterocycles. The zero-order valence-electron chi connectivity index (χ0n) is 9.03. The molecule has 0 bridgehead atoms. The average molecular weight is 206 g/mol. The Morgan fingerprint density at radius 2 is 2.20 bits per heavy atom. The highest BCUT2D eigenvalue weighted by Gasteiger charge is 2.19. The van der Waals surface area contributed by atoms with Crippen LogP contribution in [0.5, 0.6) is 5.88 Å². The van der Waals surface area contributed by atoms with E-state index in [-0.39, 0.29) is 0 Å². The van der Waals surface area contributed by atoms with Crippen molar-refractivity contribution in [2.75, 3.05) is 5.43 Å². The molecule has 1 rings (SSSR count). The number of hydrogen-bond acceptors (Lipinski definition) is 5. The van der Waals surface area contributed by atoms with Crippen LogP contribution >= 0.6 is 0 Å². The van der Waals surface area contributed by atoms with Gasteiger partial charge < -0.3 is 10.2 Å². The van der Waals surface area contributed by atoms with E-state index in [4.69, 9.17) is 17.0 Å². The molecule has 1 aromatic heterocycles. The van der Waals surface area contributed by atoms with Crippen LogP contribution in [0.1, 0.15) is 19.4 Å². The standard InChI is InChI=1S/C10H14N4O/c1-5-10(3,4)15-9-7(2)8(14-11)12-6-13-9/h1,6H,11H2,2-4H3,(H,12,13,14). The second-order valence-electron chi connectivity index (χ2n) is 3.55. The maximum Gasteiger partial charge on any atom is 0.223 e. The molecular formula is C10H14N4O.